The van der Waals surface area contributed by atoms with E-state index in [0.29, 0.717) is 22.3 Å². The Labute approximate surface area is 138 Å². The molecule has 108 valence electrons. The number of imidazole rings is 1. The minimum absolute atomic E-state index is 0.517. The Bertz CT molecular complexity index is 809. The van der Waals surface area contributed by atoms with Gasteiger partial charge in [-0.25, -0.2) is 4.98 Å². The Morgan fingerprint density at radius 1 is 1.05 bits per heavy atom. The van der Waals surface area contributed by atoms with Gasteiger partial charge in [-0.2, -0.15) is 0 Å². The standard InChI is InChI=1S/C16H13Cl3N2/c1-10-2-5-15-14(8-10)20-16(6-7-17)21(15)11-3-4-12(18)13(19)9-11/h2-5,8-9H,6-7H2,1H3. The van der Waals surface area contributed by atoms with Crippen LogP contribution in [-0.4, -0.2) is 15.4 Å². The van der Waals surface area contributed by atoms with Gasteiger partial charge in [-0.15, -0.1) is 11.6 Å². The molecule has 0 amide bonds. The number of aryl methyl sites for hydroxylation is 2. The van der Waals surface area contributed by atoms with E-state index in [2.05, 4.69) is 29.7 Å². The van der Waals surface area contributed by atoms with Gasteiger partial charge in [0.1, 0.15) is 5.82 Å². The molecule has 0 aliphatic heterocycles. The van der Waals surface area contributed by atoms with E-state index in [1.807, 2.05) is 12.1 Å². The Morgan fingerprint density at radius 2 is 1.86 bits per heavy atom. The molecule has 2 aromatic carbocycles. The fourth-order valence-electron chi connectivity index (χ4n) is 2.40. The maximum absolute atomic E-state index is 6.14. The Morgan fingerprint density at radius 3 is 2.57 bits per heavy atom. The fraction of sp³-hybridized carbons (Fsp3) is 0.188. The number of rotatable bonds is 3. The Kier molecular flexibility index (Phi) is 4.12. The van der Waals surface area contributed by atoms with Crippen LogP contribution in [0.5, 0.6) is 0 Å². The third kappa shape index (κ3) is 2.76. The Hall–Kier alpha value is -1.22. The van der Waals surface area contributed by atoms with Crippen LogP contribution in [0.1, 0.15) is 11.4 Å². The second kappa shape index (κ2) is 5.88. The minimum Gasteiger partial charge on any atom is -0.296 e. The first kappa shape index (κ1) is 14.7. The normalized spacial score (nSPS) is 11.2. The molecule has 1 aromatic heterocycles. The van der Waals surface area contributed by atoms with Crippen molar-refractivity contribution in [2.24, 2.45) is 0 Å². The zero-order chi connectivity index (χ0) is 15.0. The highest BCUT2D eigenvalue weighted by molar-refractivity contribution is 6.42. The number of hydrogen-bond acceptors (Lipinski definition) is 1. The first-order valence-electron chi connectivity index (χ1n) is 6.59. The number of aromatic nitrogens is 2. The van der Waals surface area contributed by atoms with Gasteiger partial charge in [-0.3, -0.25) is 4.57 Å². The molecule has 0 aliphatic carbocycles. The summed E-state index contributed by atoms with van der Waals surface area (Å²) in [5.74, 6) is 1.44. The number of halogens is 3. The maximum Gasteiger partial charge on any atom is 0.115 e. The lowest BCUT2D eigenvalue weighted by atomic mass is 10.2. The van der Waals surface area contributed by atoms with Crippen molar-refractivity contribution in [3.63, 3.8) is 0 Å². The van der Waals surface area contributed by atoms with E-state index < -0.39 is 0 Å². The molecular formula is C16H13Cl3N2. The van der Waals surface area contributed by atoms with Crippen LogP contribution in [0, 0.1) is 6.92 Å². The summed E-state index contributed by atoms with van der Waals surface area (Å²) in [6.07, 6.45) is 0.690. The van der Waals surface area contributed by atoms with Crippen LogP contribution in [0.15, 0.2) is 36.4 Å². The molecule has 0 spiro atoms. The summed E-state index contributed by atoms with van der Waals surface area (Å²) in [4.78, 5) is 4.69. The minimum atomic E-state index is 0.517. The summed E-state index contributed by atoms with van der Waals surface area (Å²) in [7, 11) is 0. The largest absolute Gasteiger partial charge is 0.296 e. The second-order valence-corrected chi connectivity index (χ2v) is 6.09. The summed E-state index contributed by atoms with van der Waals surface area (Å²) in [6, 6.07) is 11.8. The van der Waals surface area contributed by atoms with Crippen LogP contribution in [0.2, 0.25) is 10.0 Å². The van der Waals surface area contributed by atoms with Gasteiger partial charge in [0.25, 0.3) is 0 Å². The van der Waals surface area contributed by atoms with Crippen molar-refractivity contribution in [2.75, 3.05) is 5.88 Å². The lowest BCUT2D eigenvalue weighted by Crippen LogP contribution is -2.02. The first-order chi connectivity index (χ1) is 10.1. The molecule has 21 heavy (non-hydrogen) atoms. The molecule has 0 aliphatic rings. The van der Waals surface area contributed by atoms with Gasteiger partial charge in [0.05, 0.1) is 21.1 Å². The summed E-state index contributed by atoms with van der Waals surface area (Å²) < 4.78 is 2.08. The molecule has 0 saturated heterocycles. The van der Waals surface area contributed by atoms with E-state index in [4.69, 9.17) is 39.8 Å². The van der Waals surface area contributed by atoms with Crippen molar-refractivity contribution in [3.8, 4) is 5.69 Å². The third-order valence-electron chi connectivity index (χ3n) is 3.36. The van der Waals surface area contributed by atoms with E-state index in [1.54, 1.807) is 6.07 Å². The van der Waals surface area contributed by atoms with Crippen LogP contribution < -0.4 is 0 Å². The molecule has 0 unspecified atom stereocenters. The monoisotopic (exact) mass is 338 g/mol. The van der Waals surface area contributed by atoms with Crippen molar-refractivity contribution < 1.29 is 0 Å². The zero-order valence-electron chi connectivity index (χ0n) is 11.4. The van der Waals surface area contributed by atoms with Gasteiger partial charge >= 0.3 is 0 Å². The van der Waals surface area contributed by atoms with E-state index in [9.17, 15) is 0 Å². The Balaban J connectivity index is 2.27. The van der Waals surface area contributed by atoms with Gasteiger partial charge < -0.3 is 0 Å². The second-order valence-electron chi connectivity index (χ2n) is 4.89. The zero-order valence-corrected chi connectivity index (χ0v) is 13.7. The number of fused-ring (bicyclic) bond motifs is 1. The van der Waals surface area contributed by atoms with Crippen molar-refractivity contribution in [2.45, 2.75) is 13.3 Å². The fourth-order valence-corrected chi connectivity index (χ4v) is 2.87. The van der Waals surface area contributed by atoms with Crippen LogP contribution in [-0.2, 0) is 6.42 Å². The van der Waals surface area contributed by atoms with Crippen molar-refractivity contribution >= 4 is 45.8 Å². The molecule has 0 radical (unpaired) electrons. The number of alkyl halides is 1. The SMILES string of the molecule is Cc1ccc2c(c1)nc(CCCl)n2-c1ccc(Cl)c(Cl)c1. The summed E-state index contributed by atoms with van der Waals surface area (Å²) in [6.45, 7) is 2.05. The van der Waals surface area contributed by atoms with E-state index in [-0.39, 0.29) is 0 Å². The van der Waals surface area contributed by atoms with Crippen molar-refractivity contribution in [3.05, 3.63) is 57.8 Å². The predicted octanol–water partition coefficient (Wildman–Crippen LogP) is 5.42. The maximum atomic E-state index is 6.14. The predicted molar refractivity (Wildman–Crippen MR) is 90.3 cm³/mol. The highest BCUT2D eigenvalue weighted by Crippen LogP contribution is 2.28. The molecular weight excluding hydrogens is 327 g/mol. The van der Waals surface area contributed by atoms with Crippen LogP contribution in [0.25, 0.3) is 16.7 Å². The number of nitrogens with zero attached hydrogens (tertiary/aromatic N) is 2. The summed E-state index contributed by atoms with van der Waals surface area (Å²) >= 11 is 18.1. The van der Waals surface area contributed by atoms with E-state index in [0.717, 1.165) is 22.5 Å². The van der Waals surface area contributed by atoms with E-state index in [1.165, 1.54) is 5.56 Å². The third-order valence-corrected chi connectivity index (χ3v) is 4.29. The van der Waals surface area contributed by atoms with Gasteiger partial charge in [0, 0.05) is 18.0 Å². The van der Waals surface area contributed by atoms with Gasteiger partial charge in [-0.05, 0) is 42.8 Å². The van der Waals surface area contributed by atoms with E-state index >= 15 is 0 Å². The topological polar surface area (TPSA) is 17.8 Å². The highest BCUT2D eigenvalue weighted by atomic mass is 35.5. The van der Waals surface area contributed by atoms with Gasteiger partial charge in [-0.1, -0.05) is 29.3 Å². The average molecular weight is 340 g/mol. The molecule has 0 fully saturated rings. The quantitative estimate of drug-likeness (QED) is 0.582. The molecule has 0 N–H and O–H groups in total. The lowest BCUT2D eigenvalue weighted by molar-refractivity contribution is 0.912. The van der Waals surface area contributed by atoms with Crippen LogP contribution >= 0.6 is 34.8 Å². The van der Waals surface area contributed by atoms with Crippen molar-refractivity contribution in [1.82, 2.24) is 9.55 Å². The molecule has 0 bridgehead atoms. The highest BCUT2D eigenvalue weighted by Gasteiger charge is 2.13. The van der Waals surface area contributed by atoms with Crippen molar-refractivity contribution in [1.29, 1.82) is 0 Å². The molecule has 0 saturated carbocycles. The molecule has 0 atom stereocenters. The molecule has 2 nitrogen and oxygen atoms in total. The molecule has 1 heterocycles. The molecule has 3 aromatic rings. The molecule has 3 rings (SSSR count). The van der Waals surface area contributed by atoms with Gasteiger partial charge in [0.15, 0.2) is 0 Å². The molecule has 5 heteroatoms. The van der Waals surface area contributed by atoms with Crippen LogP contribution in [0.3, 0.4) is 0 Å². The summed E-state index contributed by atoms with van der Waals surface area (Å²) in [5.41, 5.74) is 4.12. The lowest BCUT2D eigenvalue weighted by Gasteiger charge is -2.09. The smallest absolute Gasteiger partial charge is 0.115 e. The van der Waals surface area contributed by atoms with Gasteiger partial charge in [0.2, 0.25) is 0 Å². The average Bonchev–Trinajstić information content (AvgIpc) is 2.79. The number of hydrogen-bond donors (Lipinski definition) is 0. The first-order valence-corrected chi connectivity index (χ1v) is 7.88. The number of benzene rings is 2. The summed E-state index contributed by atoms with van der Waals surface area (Å²) in [5, 5.41) is 1.07. The van der Waals surface area contributed by atoms with Crippen LogP contribution in [0.4, 0.5) is 0 Å².